The van der Waals surface area contributed by atoms with Crippen LogP contribution in [-0.4, -0.2) is 24.2 Å². The van der Waals surface area contributed by atoms with Crippen molar-refractivity contribution in [1.29, 1.82) is 0 Å². The molecule has 8 rings (SSSR count). The Morgan fingerprint density at radius 2 is 1.31 bits per heavy atom. The highest BCUT2D eigenvalue weighted by Crippen LogP contribution is 2.38. The van der Waals surface area contributed by atoms with Crippen molar-refractivity contribution in [3.63, 3.8) is 0 Å². The number of phenols is 1. The number of fused-ring (bicyclic) bond motifs is 4. The van der Waals surface area contributed by atoms with Gasteiger partial charge in [0.25, 0.3) is 0 Å². The van der Waals surface area contributed by atoms with Gasteiger partial charge in [0.05, 0.1) is 36.1 Å². The number of hydrogen-bond donors (Lipinski definition) is 1. The van der Waals surface area contributed by atoms with E-state index in [0.717, 1.165) is 32.9 Å². The molecule has 0 saturated carbocycles. The normalized spacial score (nSPS) is 12.2. The molecule has 8 aromatic rings. The lowest BCUT2D eigenvalue weighted by Crippen LogP contribution is -1.96. The van der Waals surface area contributed by atoms with Crippen LogP contribution in [0.3, 0.4) is 0 Å². The van der Waals surface area contributed by atoms with Gasteiger partial charge >= 0.3 is 0 Å². The number of aryl methyl sites for hydroxylation is 1. The van der Waals surface area contributed by atoms with Gasteiger partial charge in [-0.1, -0.05) is 66.7 Å². The first-order valence-corrected chi connectivity index (χ1v) is 13.8. The quantitative estimate of drug-likeness (QED) is 0.241. The Morgan fingerprint density at radius 3 is 2.05 bits per heavy atom. The maximum absolute atomic E-state index is 10.6. The van der Waals surface area contributed by atoms with Gasteiger partial charge < -0.3 is 14.2 Å². The average Bonchev–Trinajstić information content (AvgIpc) is 3.57. The minimum absolute atomic E-state index is 0.151. The molecule has 5 aromatic carbocycles. The molecule has 0 bridgehead atoms. The minimum atomic E-state index is 0.151. The van der Waals surface area contributed by atoms with Crippen LogP contribution in [0.25, 0.3) is 72.3 Å². The van der Waals surface area contributed by atoms with Gasteiger partial charge in [0.1, 0.15) is 11.6 Å². The maximum atomic E-state index is 10.6. The van der Waals surface area contributed by atoms with E-state index in [0.29, 0.717) is 39.4 Å². The summed E-state index contributed by atoms with van der Waals surface area (Å²) < 4.78 is 23.2. The van der Waals surface area contributed by atoms with Gasteiger partial charge in [0.15, 0.2) is 0 Å². The van der Waals surface area contributed by atoms with Crippen LogP contribution in [-0.2, 0) is 7.05 Å². The third-order valence-electron chi connectivity index (χ3n) is 7.89. The van der Waals surface area contributed by atoms with E-state index in [4.69, 9.17) is 4.98 Å². The summed E-state index contributed by atoms with van der Waals surface area (Å²) >= 11 is 0. The fourth-order valence-corrected chi connectivity index (χ4v) is 5.92. The zero-order valence-electron chi connectivity index (χ0n) is 24.8. The lowest BCUT2D eigenvalue weighted by molar-refractivity contribution is 0.476. The molecule has 0 unspecified atom stereocenters. The van der Waals surface area contributed by atoms with E-state index in [2.05, 4.69) is 17.1 Å². The number of hydrogen-bond acceptors (Lipinski definition) is 3. The molecule has 3 aromatic heterocycles. The van der Waals surface area contributed by atoms with Crippen LogP contribution in [0.1, 0.15) is 2.74 Å². The monoisotopic (exact) mass is 544 g/mol. The van der Waals surface area contributed by atoms with Crippen molar-refractivity contribution >= 4 is 32.8 Å². The van der Waals surface area contributed by atoms with E-state index in [1.54, 1.807) is 18.3 Å². The molecule has 0 saturated heterocycles. The van der Waals surface area contributed by atoms with E-state index in [-0.39, 0.29) is 17.8 Å². The summed E-state index contributed by atoms with van der Waals surface area (Å²) in [4.78, 5) is 9.64. The Balaban J connectivity index is 1.49. The number of rotatable bonds is 4. The SMILES string of the molecule is [2H]c1c(-c2ccccn2)cc(-c2cccc3c2nc(-c2ccccc2O)n3C)c([2H])c1-n1c2ccccc2c2ccccc21. The van der Waals surface area contributed by atoms with Crippen LogP contribution in [0, 0.1) is 0 Å². The summed E-state index contributed by atoms with van der Waals surface area (Å²) in [5, 5.41) is 12.8. The predicted octanol–water partition coefficient (Wildman–Crippen LogP) is 8.77. The van der Waals surface area contributed by atoms with Gasteiger partial charge in [-0.05, 0) is 66.2 Å². The summed E-state index contributed by atoms with van der Waals surface area (Å²) in [5.74, 6) is 0.778. The van der Waals surface area contributed by atoms with Crippen molar-refractivity contribution in [2.45, 2.75) is 0 Å². The Hall–Kier alpha value is -5.68. The van der Waals surface area contributed by atoms with Gasteiger partial charge in [-0.2, -0.15) is 0 Å². The van der Waals surface area contributed by atoms with Gasteiger partial charge in [0.2, 0.25) is 0 Å². The zero-order chi connectivity index (χ0) is 29.9. The largest absolute Gasteiger partial charge is 0.507 e. The van der Waals surface area contributed by atoms with Crippen molar-refractivity contribution in [2.24, 2.45) is 7.05 Å². The molecule has 0 fully saturated rings. The molecule has 5 nitrogen and oxygen atoms in total. The summed E-state index contributed by atoms with van der Waals surface area (Å²) in [7, 11) is 1.93. The van der Waals surface area contributed by atoms with Crippen LogP contribution in [0.4, 0.5) is 0 Å². The lowest BCUT2D eigenvalue weighted by Gasteiger charge is -2.14. The highest BCUT2D eigenvalue weighted by molar-refractivity contribution is 6.09. The minimum Gasteiger partial charge on any atom is -0.507 e. The molecule has 1 N–H and O–H groups in total. The Kier molecular flexibility index (Phi) is 4.97. The number of phenolic OH excluding ortho intramolecular Hbond substituents is 1. The molecule has 0 amide bonds. The number of pyridine rings is 1. The molecule has 0 radical (unpaired) electrons. The zero-order valence-corrected chi connectivity index (χ0v) is 22.8. The van der Waals surface area contributed by atoms with Crippen molar-refractivity contribution in [3.05, 3.63) is 134 Å². The van der Waals surface area contributed by atoms with Crippen LogP contribution in [0.15, 0.2) is 134 Å². The fraction of sp³-hybridized carbons (Fsp3) is 0.0270. The number of imidazole rings is 1. The van der Waals surface area contributed by atoms with E-state index in [1.807, 2.05) is 107 Å². The Labute approximate surface area is 245 Å². The van der Waals surface area contributed by atoms with Crippen LogP contribution >= 0.6 is 0 Å². The van der Waals surface area contributed by atoms with Crippen LogP contribution < -0.4 is 0 Å². The Bertz CT molecular complexity index is 2340. The molecule has 5 heteroatoms. The third-order valence-corrected chi connectivity index (χ3v) is 7.89. The number of aromatic hydroxyl groups is 1. The second-order valence-electron chi connectivity index (χ2n) is 10.3. The molecule has 0 aliphatic heterocycles. The standard InChI is InChI=1S/C37H26N4O/c1-40-34-18-10-14-27(36(34)39-37(40)30-13-4-7-19-35(30)42)24-21-25(31-15-8-9-20-38-31)23-26(22-24)41-32-16-5-2-11-28(32)29-12-3-6-17-33(29)41/h2-23,42H,1H3/i22D,23D. The van der Waals surface area contributed by atoms with Gasteiger partial charge in [-0.15, -0.1) is 0 Å². The highest BCUT2D eigenvalue weighted by Gasteiger charge is 2.18. The molecular weight excluding hydrogens is 516 g/mol. The topological polar surface area (TPSA) is 55.9 Å². The van der Waals surface area contributed by atoms with E-state index < -0.39 is 0 Å². The number of aromatic nitrogens is 4. The smallest absolute Gasteiger partial charge is 0.144 e. The second kappa shape index (κ2) is 9.46. The fourth-order valence-electron chi connectivity index (χ4n) is 5.92. The molecular formula is C37H26N4O. The van der Waals surface area contributed by atoms with E-state index in [1.165, 1.54) is 0 Å². The molecule has 0 atom stereocenters. The lowest BCUT2D eigenvalue weighted by atomic mass is 9.99. The molecule has 0 aliphatic carbocycles. The van der Waals surface area contributed by atoms with Gasteiger partial charge in [-0.25, -0.2) is 4.98 Å². The summed E-state index contributed by atoms with van der Waals surface area (Å²) in [6.45, 7) is 0. The predicted molar refractivity (Wildman–Crippen MR) is 171 cm³/mol. The van der Waals surface area contributed by atoms with Crippen molar-refractivity contribution in [1.82, 2.24) is 19.1 Å². The maximum Gasteiger partial charge on any atom is 0.144 e. The molecule has 0 aliphatic rings. The third kappa shape index (κ3) is 3.71. The first-order chi connectivity index (χ1) is 21.5. The van der Waals surface area contributed by atoms with Crippen LogP contribution in [0.5, 0.6) is 5.75 Å². The summed E-state index contributed by atoms with van der Waals surface area (Å²) in [5.41, 5.74) is 7.24. The van der Waals surface area contributed by atoms with Gasteiger partial charge in [0, 0.05) is 40.8 Å². The summed E-state index contributed by atoms with van der Waals surface area (Å²) in [6.07, 6.45) is 1.72. The number of para-hydroxylation sites is 4. The average molecular weight is 545 g/mol. The number of benzene rings is 5. The summed E-state index contributed by atoms with van der Waals surface area (Å²) in [6, 6.07) is 37.4. The number of nitrogens with zero attached hydrogens (tertiary/aromatic N) is 4. The van der Waals surface area contributed by atoms with Crippen molar-refractivity contribution in [2.75, 3.05) is 0 Å². The van der Waals surface area contributed by atoms with Crippen molar-refractivity contribution in [3.8, 4) is 45.2 Å². The first-order valence-electron chi connectivity index (χ1n) is 14.8. The highest BCUT2D eigenvalue weighted by atomic mass is 16.3. The van der Waals surface area contributed by atoms with Crippen LogP contribution in [0.2, 0.25) is 0 Å². The second-order valence-corrected chi connectivity index (χ2v) is 10.3. The van der Waals surface area contributed by atoms with Gasteiger partial charge in [-0.3, -0.25) is 4.98 Å². The van der Waals surface area contributed by atoms with Crippen molar-refractivity contribution < 1.29 is 7.85 Å². The molecule has 42 heavy (non-hydrogen) atoms. The molecule has 0 spiro atoms. The van der Waals surface area contributed by atoms with E-state index in [9.17, 15) is 7.85 Å². The van der Waals surface area contributed by atoms with E-state index >= 15 is 0 Å². The first kappa shape index (κ1) is 22.1. The molecule has 3 heterocycles. The molecule has 200 valence electrons. The Morgan fingerprint density at radius 1 is 0.667 bits per heavy atom.